The van der Waals surface area contributed by atoms with Gasteiger partial charge in [0.2, 0.25) is 5.92 Å². The quantitative estimate of drug-likeness (QED) is 0.805. The number of nitrogens with zero attached hydrogens (tertiary/aromatic N) is 3. The first-order valence-electron chi connectivity index (χ1n) is 5.42. The Labute approximate surface area is 103 Å². The summed E-state index contributed by atoms with van der Waals surface area (Å²) in [5.41, 5.74) is 0. The molecule has 1 aromatic heterocycles. The molecule has 0 fully saturated rings. The van der Waals surface area contributed by atoms with E-state index < -0.39 is 30.1 Å². The highest BCUT2D eigenvalue weighted by Gasteiger charge is 2.60. The minimum Gasteiger partial charge on any atom is -0.312 e. The zero-order valence-corrected chi connectivity index (χ0v) is 9.68. The number of rotatable bonds is 1. The lowest BCUT2D eigenvalue weighted by atomic mass is 10.1. The third kappa shape index (κ3) is 2.53. The molecule has 4 nitrogen and oxygen atoms in total. The van der Waals surface area contributed by atoms with Gasteiger partial charge in [-0.3, -0.25) is 0 Å². The molecule has 0 radical (unpaired) electrons. The van der Waals surface area contributed by atoms with Crippen LogP contribution in [0, 0.1) is 0 Å². The molecule has 1 atom stereocenters. The Kier molecular flexibility index (Phi) is 3.23. The van der Waals surface area contributed by atoms with Crippen LogP contribution in [0.2, 0.25) is 0 Å². The summed E-state index contributed by atoms with van der Waals surface area (Å²) in [4.78, 5) is 0. The SMILES string of the molecule is CC1NCCn2c1nnc2C(C(F)(F)F)C(F)(F)F. The zero-order valence-electron chi connectivity index (χ0n) is 9.68. The first kappa shape index (κ1) is 14.1. The molecular formula is C9H10F6N4. The van der Waals surface area contributed by atoms with E-state index in [2.05, 4.69) is 15.5 Å². The summed E-state index contributed by atoms with van der Waals surface area (Å²) >= 11 is 0. The Morgan fingerprint density at radius 3 is 2.26 bits per heavy atom. The van der Waals surface area contributed by atoms with E-state index in [9.17, 15) is 26.3 Å². The fourth-order valence-electron chi connectivity index (χ4n) is 2.05. The van der Waals surface area contributed by atoms with Gasteiger partial charge < -0.3 is 9.88 Å². The predicted molar refractivity (Wildman–Crippen MR) is 51.3 cm³/mol. The molecule has 1 unspecified atom stereocenters. The Hall–Kier alpha value is -1.32. The second-order valence-corrected chi connectivity index (χ2v) is 4.26. The van der Waals surface area contributed by atoms with E-state index >= 15 is 0 Å². The van der Waals surface area contributed by atoms with Gasteiger partial charge >= 0.3 is 12.4 Å². The molecule has 1 N–H and O–H groups in total. The maximum Gasteiger partial charge on any atom is 0.407 e. The monoisotopic (exact) mass is 288 g/mol. The number of hydrogen-bond acceptors (Lipinski definition) is 3. The molecule has 1 aliphatic rings. The van der Waals surface area contributed by atoms with Crippen molar-refractivity contribution in [2.75, 3.05) is 6.54 Å². The Morgan fingerprint density at radius 1 is 1.16 bits per heavy atom. The first-order chi connectivity index (χ1) is 8.62. The molecule has 0 saturated heterocycles. The number of fused-ring (bicyclic) bond motifs is 1. The summed E-state index contributed by atoms with van der Waals surface area (Å²) in [6.45, 7) is 1.84. The Balaban J connectivity index is 2.50. The summed E-state index contributed by atoms with van der Waals surface area (Å²) < 4.78 is 76.7. The molecule has 0 amide bonds. The van der Waals surface area contributed by atoms with Crippen molar-refractivity contribution in [1.29, 1.82) is 0 Å². The molecule has 1 aromatic rings. The van der Waals surface area contributed by atoms with E-state index in [0.29, 0.717) is 0 Å². The van der Waals surface area contributed by atoms with Crippen LogP contribution in [0.5, 0.6) is 0 Å². The van der Waals surface area contributed by atoms with E-state index in [1.165, 1.54) is 0 Å². The molecule has 0 aromatic carbocycles. The topological polar surface area (TPSA) is 42.7 Å². The number of halogens is 6. The van der Waals surface area contributed by atoms with Gasteiger partial charge in [-0.2, -0.15) is 26.3 Å². The van der Waals surface area contributed by atoms with Crippen LogP contribution in [-0.4, -0.2) is 33.7 Å². The van der Waals surface area contributed by atoms with Crippen LogP contribution in [0.1, 0.15) is 30.5 Å². The van der Waals surface area contributed by atoms with Crippen molar-refractivity contribution in [1.82, 2.24) is 20.1 Å². The van der Waals surface area contributed by atoms with Crippen LogP contribution < -0.4 is 5.32 Å². The molecule has 2 rings (SSSR count). The van der Waals surface area contributed by atoms with E-state index in [1.54, 1.807) is 6.92 Å². The lowest BCUT2D eigenvalue weighted by Crippen LogP contribution is -2.39. The fraction of sp³-hybridized carbons (Fsp3) is 0.778. The average Bonchev–Trinajstić information content (AvgIpc) is 2.59. The van der Waals surface area contributed by atoms with Crippen molar-refractivity contribution in [2.24, 2.45) is 0 Å². The standard InChI is InChI=1S/C9H10F6N4/c1-4-6-17-18-7(19(6)3-2-16-4)5(8(10,11)12)9(13,14)15/h4-5,16H,2-3H2,1H3. The van der Waals surface area contributed by atoms with E-state index in [4.69, 9.17) is 0 Å². The molecule has 10 heteroatoms. The summed E-state index contributed by atoms with van der Waals surface area (Å²) in [7, 11) is 0. The first-order valence-corrected chi connectivity index (χ1v) is 5.42. The molecule has 1 aliphatic heterocycles. The van der Waals surface area contributed by atoms with Crippen molar-refractivity contribution >= 4 is 0 Å². The largest absolute Gasteiger partial charge is 0.407 e. The number of hydrogen-bond donors (Lipinski definition) is 1. The van der Waals surface area contributed by atoms with Gasteiger partial charge in [0.25, 0.3) is 0 Å². The fourth-order valence-corrected chi connectivity index (χ4v) is 2.05. The van der Waals surface area contributed by atoms with Crippen molar-refractivity contribution in [3.05, 3.63) is 11.6 Å². The maximum atomic E-state index is 12.6. The van der Waals surface area contributed by atoms with Gasteiger partial charge in [-0.25, -0.2) is 0 Å². The van der Waals surface area contributed by atoms with Gasteiger partial charge in [0.15, 0.2) is 5.82 Å². The highest BCUT2D eigenvalue weighted by atomic mass is 19.4. The second kappa shape index (κ2) is 4.36. The minimum absolute atomic E-state index is 0.0231. The summed E-state index contributed by atoms with van der Waals surface area (Å²) in [6.07, 6.45) is -10.9. The number of nitrogens with one attached hydrogen (secondary N) is 1. The van der Waals surface area contributed by atoms with Crippen LogP contribution in [0.25, 0.3) is 0 Å². The maximum absolute atomic E-state index is 12.6. The van der Waals surface area contributed by atoms with E-state index in [0.717, 1.165) is 4.57 Å². The third-order valence-electron chi connectivity index (χ3n) is 2.89. The second-order valence-electron chi connectivity index (χ2n) is 4.26. The minimum atomic E-state index is -5.45. The summed E-state index contributed by atoms with van der Waals surface area (Å²) in [5.74, 6) is -4.62. The van der Waals surface area contributed by atoms with Gasteiger partial charge in [-0.15, -0.1) is 10.2 Å². The number of alkyl halides is 6. The molecule has 0 saturated carbocycles. The molecule has 0 spiro atoms. The Morgan fingerprint density at radius 2 is 1.74 bits per heavy atom. The molecular weight excluding hydrogens is 278 g/mol. The van der Waals surface area contributed by atoms with Crippen molar-refractivity contribution < 1.29 is 26.3 Å². The highest BCUT2D eigenvalue weighted by Crippen LogP contribution is 2.46. The smallest absolute Gasteiger partial charge is 0.312 e. The predicted octanol–water partition coefficient (Wildman–Crippen LogP) is 2.15. The summed E-state index contributed by atoms with van der Waals surface area (Å²) in [5, 5.41) is 9.43. The zero-order chi connectivity index (χ0) is 14.4. The third-order valence-corrected chi connectivity index (χ3v) is 2.89. The Bertz CT molecular complexity index is 448. The molecule has 0 aliphatic carbocycles. The highest BCUT2D eigenvalue weighted by molar-refractivity contribution is 5.11. The van der Waals surface area contributed by atoms with Crippen molar-refractivity contribution in [3.8, 4) is 0 Å². The van der Waals surface area contributed by atoms with E-state index in [-0.39, 0.29) is 18.9 Å². The van der Waals surface area contributed by atoms with Gasteiger partial charge in [-0.1, -0.05) is 0 Å². The molecule has 2 heterocycles. The van der Waals surface area contributed by atoms with Gasteiger partial charge in [0.1, 0.15) is 5.82 Å². The van der Waals surface area contributed by atoms with Crippen LogP contribution in [0.4, 0.5) is 26.3 Å². The van der Waals surface area contributed by atoms with Crippen molar-refractivity contribution in [3.63, 3.8) is 0 Å². The lowest BCUT2D eigenvalue weighted by molar-refractivity contribution is -0.256. The van der Waals surface area contributed by atoms with Crippen LogP contribution in [0.3, 0.4) is 0 Å². The van der Waals surface area contributed by atoms with Gasteiger partial charge in [0.05, 0.1) is 6.04 Å². The van der Waals surface area contributed by atoms with E-state index in [1.807, 2.05) is 0 Å². The molecule has 19 heavy (non-hydrogen) atoms. The van der Waals surface area contributed by atoms with Gasteiger partial charge in [-0.05, 0) is 6.92 Å². The summed E-state index contributed by atoms with van der Waals surface area (Å²) in [6, 6.07) is -0.433. The lowest BCUT2D eigenvalue weighted by Gasteiger charge is -2.26. The van der Waals surface area contributed by atoms with Gasteiger partial charge in [0, 0.05) is 13.1 Å². The number of aromatic nitrogens is 3. The molecule has 0 bridgehead atoms. The molecule has 108 valence electrons. The van der Waals surface area contributed by atoms with Crippen molar-refractivity contribution in [2.45, 2.75) is 37.8 Å². The average molecular weight is 288 g/mol. The normalized spacial score (nSPS) is 20.7. The van der Waals surface area contributed by atoms with Crippen LogP contribution in [-0.2, 0) is 6.54 Å². The van der Waals surface area contributed by atoms with Crippen LogP contribution in [0.15, 0.2) is 0 Å². The van der Waals surface area contributed by atoms with Crippen LogP contribution >= 0.6 is 0 Å².